The molecule has 1 saturated heterocycles. The molecule has 0 bridgehead atoms. The number of ether oxygens (including phenoxy) is 1. The number of amidine groups is 1. The first-order valence-corrected chi connectivity index (χ1v) is 16.2. The predicted octanol–water partition coefficient (Wildman–Crippen LogP) is 4.28. The number of aliphatic hydroxyl groups is 1. The van der Waals surface area contributed by atoms with Crippen LogP contribution in [0.2, 0.25) is 0 Å². The summed E-state index contributed by atoms with van der Waals surface area (Å²) in [5.41, 5.74) is 3.38. The van der Waals surface area contributed by atoms with E-state index in [1.807, 2.05) is 0 Å². The second-order valence-electron chi connectivity index (χ2n) is 11.1. The van der Waals surface area contributed by atoms with Crippen LogP contribution in [0.15, 0.2) is 45.0 Å². The maximum absolute atomic E-state index is 12.9. The van der Waals surface area contributed by atoms with Crippen molar-refractivity contribution in [3.8, 4) is 5.75 Å². The Hall–Kier alpha value is -2.93. The highest BCUT2D eigenvalue weighted by molar-refractivity contribution is 7.92. The van der Waals surface area contributed by atoms with Crippen LogP contribution >= 0.6 is 11.6 Å². The van der Waals surface area contributed by atoms with Gasteiger partial charge in [-0.2, -0.15) is 10.1 Å². The van der Waals surface area contributed by atoms with Gasteiger partial charge in [0.1, 0.15) is 5.75 Å². The number of aryl methyl sites for hydroxylation is 2. The maximum Gasteiger partial charge on any atom is 0.224 e. The number of guanidine groups is 1. The molecule has 0 amide bonds. The minimum atomic E-state index is -3.67. The zero-order valence-corrected chi connectivity index (χ0v) is 26.6. The second kappa shape index (κ2) is 13.6. The number of halogens is 1. The molecule has 230 valence electrons. The second-order valence-corrected chi connectivity index (χ2v) is 14.0. The van der Waals surface area contributed by atoms with E-state index in [0.29, 0.717) is 12.5 Å². The number of hydrogen-bond donors (Lipinski definition) is 3. The number of piperidine rings is 1. The first-order chi connectivity index (χ1) is 19.9. The third kappa shape index (κ3) is 7.71. The minimum Gasteiger partial charge on any atom is -0.488 e. The van der Waals surface area contributed by atoms with Gasteiger partial charge in [0.2, 0.25) is 20.8 Å². The van der Waals surface area contributed by atoms with Crippen LogP contribution in [0.3, 0.4) is 0 Å². The molecule has 0 spiro atoms. The van der Waals surface area contributed by atoms with Crippen LogP contribution < -0.4 is 15.4 Å². The van der Waals surface area contributed by atoms with Gasteiger partial charge in [-0.1, -0.05) is 18.2 Å². The zero-order valence-electron chi connectivity index (χ0n) is 25.0. The van der Waals surface area contributed by atoms with Gasteiger partial charge >= 0.3 is 0 Å². The molecule has 42 heavy (non-hydrogen) atoms. The molecule has 1 aliphatic carbocycles. The van der Waals surface area contributed by atoms with Crippen molar-refractivity contribution < 1.29 is 18.3 Å². The van der Waals surface area contributed by atoms with Gasteiger partial charge in [-0.25, -0.2) is 8.42 Å². The van der Waals surface area contributed by atoms with Gasteiger partial charge in [-0.15, -0.1) is 0 Å². The molecule has 1 saturated carbocycles. The Morgan fingerprint density at radius 1 is 1.21 bits per heavy atom. The third-order valence-electron chi connectivity index (χ3n) is 7.50. The van der Waals surface area contributed by atoms with Crippen molar-refractivity contribution in [2.75, 3.05) is 43.9 Å². The number of aromatic nitrogens is 2. The summed E-state index contributed by atoms with van der Waals surface area (Å²) in [6.45, 7) is 11.9. The highest BCUT2D eigenvalue weighted by Crippen LogP contribution is 2.39. The van der Waals surface area contributed by atoms with Gasteiger partial charge < -0.3 is 25.4 Å². The lowest BCUT2D eigenvalue weighted by Gasteiger charge is -2.32. The van der Waals surface area contributed by atoms with Crippen molar-refractivity contribution in [2.45, 2.75) is 68.8 Å². The Morgan fingerprint density at radius 2 is 1.90 bits per heavy atom. The van der Waals surface area contributed by atoms with Crippen molar-refractivity contribution in [2.24, 2.45) is 17.0 Å². The number of hydrogen-bond acceptors (Lipinski definition) is 7. The molecule has 1 aromatic heterocycles. The summed E-state index contributed by atoms with van der Waals surface area (Å²) in [6, 6.07) is 4.20. The summed E-state index contributed by atoms with van der Waals surface area (Å²) >= 11 is 6.31. The zero-order chi connectivity index (χ0) is 30.6. The number of anilines is 2. The van der Waals surface area contributed by atoms with E-state index < -0.39 is 15.1 Å². The highest BCUT2D eigenvalue weighted by atomic mass is 35.5. The minimum absolute atomic E-state index is 0.0724. The Labute approximate surface area is 253 Å². The number of β-amino-alcohol motifs (C(OH)–C–C–N with tert-alkyl or cyclic N) is 1. The van der Waals surface area contributed by atoms with Gasteiger partial charge in [0, 0.05) is 26.8 Å². The third-order valence-corrected chi connectivity index (χ3v) is 9.76. The van der Waals surface area contributed by atoms with E-state index in [1.54, 1.807) is 34.1 Å². The fraction of sp³-hybridized carbons (Fsp3) is 0.552. The molecule has 4 rings (SSSR count). The fourth-order valence-corrected chi connectivity index (χ4v) is 6.13. The number of nitrogens with zero attached hydrogens (tertiary/aromatic N) is 5. The molecule has 0 radical (unpaired) electrons. The van der Waals surface area contributed by atoms with Crippen LogP contribution in [0, 0.1) is 6.92 Å². The molecular weight excluding hydrogens is 578 g/mol. The highest BCUT2D eigenvalue weighted by Gasteiger charge is 2.29. The molecular formula is C29H42ClN7O4S. The van der Waals surface area contributed by atoms with Crippen LogP contribution in [-0.2, 0) is 16.9 Å². The number of sulfone groups is 1. The molecule has 2 heterocycles. The quantitative estimate of drug-likeness (QED) is 0.265. The van der Waals surface area contributed by atoms with Crippen LogP contribution in [0.1, 0.15) is 56.6 Å². The summed E-state index contributed by atoms with van der Waals surface area (Å²) in [6.07, 6.45) is 5.82. The molecule has 13 heteroatoms. The summed E-state index contributed by atoms with van der Waals surface area (Å²) in [7, 11) is -0.433. The molecule has 0 atom stereocenters. The fourth-order valence-electron chi connectivity index (χ4n) is 4.94. The number of benzene rings is 1. The lowest BCUT2D eigenvalue weighted by atomic mass is 9.86. The van der Waals surface area contributed by atoms with Gasteiger partial charge in [0.25, 0.3) is 0 Å². The molecule has 2 aliphatic rings. The van der Waals surface area contributed by atoms with Crippen molar-refractivity contribution in [1.82, 2.24) is 14.7 Å². The topological polar surface area (TPSA) is 133 Å². The van der Waals surface area contributed by atoms with Gasteiger partial charge in [0.05, 0.1) is 34.4 Å². The normalized spacial score (nSPS) is 17.5. The average Bonchev–Trinajstić information content (AvgIpc) is 3.68. The van der Waals surface area contributed by atoms with E-state index in [4.69, 9.17) is 16.3 Å². The summed E-state index contributed by atoms with van der Waals surface area (Å²) in [5, 5.41) is 19.1. The van der Waals surface area contributed by atoms with Crippen molar-refractivity contribution in [3.63, 3.8) is 0 Å². The molecule has 1 aliphatic heterocycles. The smallest absolute Gasteiger partial charge is 0.224 e. The number of rotatable bonds is 10. The van der Waals surface area contributed by atoms with E-state index in [-0.39, 0.29) is 40.3 Å². The van der Waals surface area contributed by atoms with Crippen LogP contribution in [0.5, 0.6) is 5.75 Å². The molecule has 1 aromatic carbocycles. The molecule has 2 fully saturated rings. The number of aliphatic imine (C=N–C) groups is 2. The maximum atomic E-state index is 12.9. The lowest BCUT2D eigenvalue weighted by molar-refractivity contribution is 0.164. The molecule has 2 aromatic rings. The first kappa shape index (κ1) is 32.0. The SMILES string of the molecule is C=C(Cl)/C(=N\C(=N/C)Nc1cc(C)c(C2CCN(CCO)CC2)cc1OC1CC1)Nc1cn(C)nc1S(=O)(=O)C(C)C. The lowest BCUT2D eigenvalue weighted by Crippen LogP contribution is -2.35. The Balaban J connectivity index is 1.61. The van der Waals surface area contributed by atoms with E-state index in [9.17, 15) is 13.5 Å². The summed E-state index contributed by atoms with van der Waals surface area (Å²) in [4.78, 5) is 11.2. The molecule has 0 unspecified atom stereocenters. The largest absolute Gasteiger partial charge is 0.488 e. The monoisotopic (exact) mass is 619 g/mol. The predicted molar refractivity (Wildman–Crippen MR) is 169 cm³/mol. The number of aliphatic hydroxyl groups excluding tert-OH is 1. The van der Waals surface area contributed by atoms with Crippen LogP contribution in [0.25, 0.3) is 0 Å². The van der Waals surface area contributed by atoms with E-state index in [0.717, 1.165) is 55.8 Å². The number of likely N-dealkylation sites (tertiary alicyclic amines) is 1. The van der Waals surface area contributed by atoms with Gasteiger partial charge in [-0.3, -0.25) is 9.67 Å². The van der Waals surface area contributed by atoms with Gasteiger partial charge in [-0.05, 0) is 88.7 Å². The van der Waals surface area contributed by atoms with Crippen molar-refractivity contribution in [3.05, 3.63) is 41.1 Å². The van der Waals surface area contributed by atoms with Crippen molar-refractivity contribution in [1.29, 1.82) is 0 Å². The Morgan fingerprint density at radius 3 is 2.48 bits per heavy atom. The standard InChI is InChI=1S/C29H42ClN7O4S/c1-18(2)42(39,40)28-25(17-36(6)35-28)32-27(20(4)30)34-29(31-5)33-24-15-19(3)23(16-26(24)41-22-7-8-22)21-9-11-37(12-10-21)13-14-38/h15-18,21-22,38H,4,7-14H2,1-3,5-6H3,(H2,31,32,33,34). The summed E-state index contributed by atoms with van der Waals surface area (Å²) in [5.74, 6) is 1.52. The average molecular weight is 620 g/mol. The molecule has 11 nitrogen and oxygen atoms in total. The Bertz CT molecular complexity index is 1460. The first-order valence-electron chi connectivity index (χ1n) is 14.3. The van der Waals surface area contributed by atoms with Crippen LogP contribution in [0.4, 0.5) is 11.4 Å². The molecule has 3 N–H and O–H groups in total. The van der Waals surface area contributed by atoms with E-state index in [2.05, 4.69) is 56.3 Å². The number of nitrogens with one attached hydrogen (secondary N) is 2. The Kier molecular flexibility index (Phi) is 10.3. The van der Waals surface area contributed by atoms with Crippen LogP contribution in [-0.4, -0.2) is 84.6 Å². The van der Waals surface area contributed by atoms with E-state index in [1.165, 1.54) is 10.2 Å². The summed E-state index contributed by atoms with van der Waals surface area (Å²) < 4.78 is 33.6. The van der Waals surface area contributed by atoms with Crippen molar-refractivity contribution >= 4 is 44.6 Å². The van der Waals surface area contributed by atoms with E-state index >= 15 is 0 Å². The van der Waals surface area contributed by atoms with Gasteiger partial charge in [0.15, 0.2) is 5.84 Å².